The van der Waals surface area contributed by atoms with Gasteiger partial charge in [0, 0.05) is 48.2 Å². The lowest BCUT2D eigenvalue weighted by Gasteiger charge is -2.37. The van der Waals surface area contributed by atoms with Crippen LogP contribution in [0.1, 0.15) is 42.4 Å². The molecule has 3 aromatic rings. The molecule has 0 unspecified atom stereocenters. The molecule has 2 aromatic carbocycles. The van der Waals surface area contributed by atoms with E-state index in [1.54, 1.807) is 38.5 Å². The Morgan fingerprint density at radius 1 is 1.00 bits per heavy atom. The fourth-order valence-corrected chi connectivity index (χ4v) is 4.18. The van der Waals surface area contributed by atoms with Crippen LogP contribution in [0.4, 0.5) is 0 Å². The van der Waals surface area contributed by atoms with Crippen molar-refractivity contribution in [1.29, 1.82) is 0 Å². The molecule has 0 N–H and O–H groups in total. The van der Waals surface area contributed by atoms with Crippen molar-refractivity contribution in [3.05, 3.63) is 88.7 Å². The lowest BCUT2D eigenvalue weighted by Crippen LogP contribution is -2.50. The largest absolute Gasteiger partial charge is 0.497 e. The SMILES string of the molecule is COCCN(CC(=O)N(Cc1cccn1Cc1cccc(OC)c1)C(C)(C)C)C(=O)c1ccc(Cl)cc1. The highest BCUT2D eigenvalue weighted by atomic mass is 35.5. The number of aromatic nitrogens is 1. The van der Waals surface area contributed by atoms with Crippen molar-refractivity contribution in [2.24, 2.45) is 0 Å². The van der Waals surface area contributed by atoms with E-state index in [9.17, 15) is 9.59 Å². The van der Waals surface area contributed by atoms with Crippen molar-refractivity contribution in [3.8, 4) is 5.75 Å². The molecule has 7 nitrogen and oxygen atoms in total. The monoisotopic (exact) mass is 525 g/mol. The summed E-state index contributed by atoms with van der Waals surface area (Å²) in [6, 6.07) is 18.6. The summed E-state index contributed by atoms with van der Waals surface area (Å²) in [6.45, 7) is 7.63. The lowest BCUT2D eigenvalue weighted by atomic mass is 10.0. The average molecular weight is 526 g/mol. The summed E-state index contributed by atoms with van der Waals surface area (Å²) in [5, 5.41) is 0.548. The molecule has 198 valence electrons. The number of ether oxygens (including phenoxy) is 2. The molecule has 1 aromatic heterocycles. The minimum atomic E-state index is -0.460. The van der Waals surface area contributed by atoms with E-state index in [0.717, 1.165) is 17.0 Å². The Bertz CT molecular complexity index is 1180. The molecule has 0 radical (unpaired) electrons. The summed E-state index contributed by atoms with van der Waals surface area (Å²) in [5.74, 6) is 0.427. The van der Waals surface area contributed by atoms with Gasteiger partial charge < -0.3 is 23.8 Å². The molecule has 2 amide bonds. The summed E-state index contributed by atoms with van der Waals surface area (Å²) in [7, 11) is 3.23. The van der Waals surface area contributed by atoms with Crippen molar-refractivity contribution in [1.82, 2.24) is 14.4 Å². The van der Waals surface area contributed by atoms with Crippen LogP contribution in [-0.4, -0.2) is 65.6 Å². The first-order valence-electron chi connectivity index (χ1n) is 12.2. The normalized spacial score (nSPS) is 11.3. The van der Waals surface area contributed by atoms with E-state index in [2.05, 4.69) is 10.6 Å². The molecule has 8 heteroatoms. The van der Waals surface area contributed by atoms with Crippen molar-refractivity contribution >= 4 is 23.4 Å². The maximum atomic E-state index is 13.7. The topological polar surface area (TPSA) is 64.0 Å². The Morgan fingerprint density at radius 2 is 1.73 bits per heavy atom. The number of hydrogen-bond acceptors (Lipinski definition) is 4. The zero-order valence-electron chi connectivity index (χ0n) is 22.2. The Kier molecular flexibility index (Phi) is 9.78. The predicted molar refractivity (Wildman–Crippen MR) is 146 cm³/mol. The third kappa shape index (κ3) is 7.84. The number of methoxy groups -OCH3 is 2. The van der Waals surface area contributed by atoms with Crippen LogP contribution in [0.15, 0.2) is 66.9 Å². The molecule has 0 aliphatic carbocycles. The van der Waals surface area contributed by atoms with E-state index in [4.69, 9.17) is 21.1 Å². The molecule has 0 saturated heterocycles. The highest BCUT2D eigenvalue weighted by Crippen LogP contribution is 2.21. The van der Waals surface area contributed by atoms with E-state index >= 15 is 0 Å². The number of rotatable bonds is 11. The van der Waals surface area contributed by atoms with Gasteiger partial charge in [0.15, 0.2) is 0 Å². The molecule has 0 saturated carbocycles. The molecule has 0 atom stereocenters. The average Bonchev–Trinajstić information content (AvgIpc) is 3.30. The molecule has 37 heavy (non-hydrogen) atoms. The fraction of sp³-hybridized carbons (Fsp3) is 0.379. The summed E-state index contributed by atoms with van der Waals surface area (Å²) >= 11 is 5.99. The molecule has 0 spiro atoms. The quantitative estimate of drug-likeness (QED) is 0.349. The van der Waals surface area contributed by atoms with E-state index in [0.29, 0.717) is 36.8 Å². The molecule has 0 fully saturated rings. The number of amides is 2. The minimum Gasteiger partial charge on any atom is -0.497 e. The maximum absolute atomic E-state index is 13.7. The van der Waals surface area contributed by atoms with E-state index in [-0.39, 0.29) is 18.4 Å². The van der Waals surface area contributed by atoms with Crippen LogP contribution in [0.2, 0.25) is 5.02 Å². The molecule has 0 aliphatic heterocycles. The maximum Gasteiger partial charge on any atom is 0.254 e. The minimum absolute atomic E-state index is 0.0569. The van der Waals surface area contributed by atoms with Gasteiger partial charge >= 0.3 is 0 Å². The number of benzene rings is 2. The van der Waals surface area contributed by atoms with Gasteiger partial charge in [0.05, 0.1) is 20.3 Å². The van der Waals surface area contributed by atoms with E-state index in [1.165, 1.54) is 4.90 Å². The van der Waals surface area contributed by atoms with Crippen LogP contribution in [0, 0.1) is 0 Å². The summed E-state index contributed by atoms with van der Waals surface area (Å²) in [6.07, 6.45) is 2.01. The molecule has 1 heterocycles. The van der Waals surface area contributed by atoms with Crippen molar-refractivity contribution in [3.63, 3.8) is 0 Å². The molecular formula is C29H36ClN3O4. The third-order valence-corrected chi connectivity index (χ3v) is 6.36. The second kappa shape index (κ2) is 12.8. The molecule has 0 bridgehead atoms. The number of halogens is 1. The Morgan fingerprint density at radius 3 is 2.38 bits per heavy atom. The van der Waals surface area contributed by atoms with Gasteiger partial charge in [-0.25, -0.2) is 0 Å². The zero-order valence-corrected chi connectivity index (χ0v) is 23.0. The van der Waals surface area contributed by atoms with Crippen molar-refractivity contribution in [2.75, 3.05) is 33.9 Å². The third-order valence-electron chi connectivity index (χ3n) is 6.11. The van der Waals surface area contributed by atoms with Gasteiger partial charge in [-0.1, -0.05) is 23.7 Å². The van der Waals surface area contributed by atoms with Gasteiger partial charge in [-0.2, -0.15) is 0 Å². The van der Waals surface area contributed by atoms with Crippen molar-refractivity contribution < 1.29 is 19.1 Å². The fourth-order valence-electron chi connectivity index (χ4n) is 4.05. The molecular weight excluding hydrogens is 490 g/mol. The van der Waals surface area contributed by atoms with Gasteiger partial charge in [0.2, 0.25) is 5.91 Å². The number of carbonyl (C=O) groups is 2. The van der Waals surface area contributed by atoms with Gasteiger partial charge in [-0.3, -0.25) is 9.59 Å². The summed E-state index contributed by atoms with van der Waals surface area (Å²) in [5.41, 5.74) is 2.12. The second-order valence-electron chi connectivity index (χ2n) is 9.86. The zero-order chi connectivity index (χ0) is 27.0. The van der Waals surface area contributed by atoms with E-state index < -0.39 is 5.54 Å². The van der Waals surface area contributed by atoms with Crippen LogP contribution in [-0.2, 0) is 22.6 Å². The predicted octanol–water partition coefficient (Wildman–Crippen LogP) is 5.11. The van der Waals surface area contributed by atoms with Crippen molar-refractivity contribution in [2.45, 2.75) is 39.4 Å². The van der Waals surface area contributed by atoms with Crippen LogP contribution in [0.5, 0.6) is 5.75 Å². The van der Waals surface area contributed by atoms with Gasteiger partial charge in [0.1, 0.15) is 12.3 Å². The molecule has 0 aliphatic rings. The van der Waals surface area contributed by atoms with Crippen LogP contribution < -0.4 is 4.74 Å². The van der Waals surface area contributed by atoms with Gasteiger partial charge in [0.25, 0.3) is 5.91 Å². The first-order chi connectivity index (χ1) is 17.6. The summed E-state index contributed by atoms with van der Waals surface area (Å²) < 4.78 is 12.7. The number of nitrogens with zero attached hydrogens (tertiary/aromatic N) is 3. The van der Waals surface area contributed by atoms with Gasteiger partial charge in [-0.15, -0.1) is 0 Å². The Labute approximate surface area is 224 Å². The molecule has 3 rings (SSSR count). The first kappa shape index (κ1) is 28.3. The number of carbonyl (C=O) groups excluding carboxylic acids is 2. The Hall–Kier alpha value is -3.29. The Balaban J connectivity index is 1.80. The summed E-state index contributed by atoms with van der Waals surface area (Å²) in [4.78, 5) is 30.3. The van der Waals surface area contributed by atoms with Crippen LogP contribution in [0.3, 0.4) is 0 Å². The van der Waals surface area contributed by atoms with Gasteiger partial charge in [-0.05, 0) is 74.9 Å². The highest BCUT2D eigenvalue weighted by Gasteiger charge is 2.30. The number of hydrogen-bond donors (Lipinski definition) is 0. The second-order valence-corrected chi connectivity index (χ2v) is 10.3. The first-order valence-corrected chi connectivity index (χ1v) is 12.6. The standard InChI is InChI=1S/C29H36ClN3O4/c1-29(2,3)33(20-25-9-7-15-31(25)19-22-8-6-10-26(18-22)37-5)27(34)21-32(16-17-36-4)28(35)23-11-13-24(30)14-12-23/h6-15,18H,16-17,19-21H2,1-5H3. The van der Waals surface area contributed by atoms with E-state index in [1.807, 2.05) is 62.2 Å². The smallest absolute Gasteiger partial charge is 0.254 e. The highest BCUT2D eigenvalue weighted by molar-refractivity contribution is 6.30. The lowest BCUT2D eigenvalue weighted by molar-refractivity contribution is -0.137. The van der Waals surface area contributed by atoms with Crippen LogP contribution >= 0.6 is 11.6 Å². The van der Waals surface area contributed by atoms with Crippen LogP contribution in [0.25, 0.3) is 0 Å².